The summed E-state index contributed by atoms with van der Waals surface area (Å²) in [5.74, 6) is 0. The second-order valence-electron chi connectivity index (χ2n) is 8.63. The van der Waals surface area contributed by atoms with Crippen LogP contribution in [0.1, 0.15) is 29.4 Å². The first kappa shape index (κ1) is 21.4. The fourth-order valence-corrected chi connectivity index (χ4v) is 6.11. The molecule has 5 aromatic rings. The molecule has 10 nitrogen and oxygen atoms in total. The number of ether oxygens (including phenoxy) is 1. The van der Waals surface area contributed by atoms with E-state index < -0.39 is 10.0 Å². The van der Waals surface area contributed by atoms with Crippen LogP contribution in [-0.2, 0) is 23.0 Å². The van der Waals surface area contributed by atoms with Crippen LogP contribution in [0.25, 0.3) is 22.1 Å². The Balaban J connectivity index is 1.52. The second kappa shape index (κ2) is 7.68. The number of aryl methyl sites for hydroxylation is 2. The maximum atomic E-state index is 13.4. The van der Waals surface area contributed by atoms with Crippen molar-refractivity contribution in [1.82, 2.24) is 28.3 Å². The Kier molecular flexibility index (Phi) is 4.69. The average molecular weight is 488 g/mol. The Morgan fingerprint density at radius 1 is 1.20 bits per heavy atom. The predicted octanol–water partition coefficient (Wildman–Crippen LogP) is 3.20. The van der Waals surface area contributed by atoms with E-state index in [4.69, 9.17) is 4.74 Å². The minimum absolute atomic E-state index is 0.0449. The van der Waals surface area contributed by atoms with Gasteiger partial charge in [-0.2, -0.15) is 15.3 Å². The van der Waals surface area contributed by atoms with E-state index >= 15 is 0 Å². The summed E-state index contributed by atoms with van der Waals surface area (Å²) >= 11 is 0. The number of aromatic nitrogens is 6. The van der Waals surface area contributed by atoms with Crippen LogP contribution in [0.5, 0.6) is 6.01 Å². The van der Waals surface area contributed by atoms with Gasteiger partial charge in [-0.05, 0) is 44.0 Å². The molecule has 0 saturated carbocycles. The van der Waals surface area contributed by atoms with E-state index in [1.54, 1.807) is 43.6 Å². The van der Waals surface area contributed by atoms with E-state index in [0.29, 0.717) is 34.8 Å². The zero-order chi connectivity index (χ0) is 24.3. The first-order valence-electron chi connectivity index (χ1n) is 11.1. The van der Waals surface area contributed by atoms with Gasteiger partial charge in [0.15, 0.2) is 11.3 Å². The number of nitriles is 1. The summed E-state index contributed by atoms with van der Waals surface area (Å²) in [6.45, 7) is 2.46. The summed E-state index contributed by atoms with van der Waals surface area (Å²) in [7, 11) is -2.27. The predicted molar refractivity (Wildman–Crippen MR) is 128 cm³/mol. The molecule has 0 bridgehead atoms. The highest BCUT2D eigenvalue weighted by atomic mass is 32.2. The number of pyridine rings is 1. The molecule has 1 atom stereocenters. The highest BCUT2D eigenvalue weighted by Gasteiger charge is 2.29. The van der Waals surface area contributed by atoms with Gasteiger partial charge in [-0.25, -0.2) is 17.4 Å². The molecule has 4 aromatic heterocycles. The summed E-state index contributed by atoms with van der Waals surface area (Å²) < 4.78 is 37.5. The number of imidazole rings is 1. The van der Waals surface area contributed by atoms with Gasteiger partial charge in [0.2, 0.25) is 0 Å². The first-order chi connectivity index (χ1) is 16.9. The number of fused-ring (bicyclic) bond motifs is 4. The van der Waals surface area contributed by atoms with E-state index in [9.17, 15) is 13.7 Å². The standard InChI is InChI=1S/C24H21N7O3S/c1-15-3-7-19(8-4-15)35(32,33)30-10-9-20-22-21(13-26-23(20)30)27-24(34-2)31(22)18-6-5-17-11-16(12-25)28-29(17)14-18/h3-4,7-11,13,18H,5-6,14H2,1-2H3/t18-/m1/s1. The van der Waals surface area contributed by atoms with E-state index in [2.05, 4.69) is 21.1 Å². The summed E-state index contributed by atoms with van der Waals surface area (Å²) in [6, 6.07) is 12.8. The van der Waals surface area contributed by atoms with E-state index in [1.807, 2.05) is 22.2 Å². The molecule has 0 amide bonds. The lowest BCUT2D eigenvalue weighted by Gasteiger charge is -2.26. The fourth-order valence-electron chi connectivity index (χ4n) is 4.81. The van der Waals surface area contributed by atoms with Crippen LogP contribution in [0.2, 0.25) is 0 Å². The number of methoxy groups -OCH3 is 1. The third-order valence-electron chi connectivity index (χ3n) is 6.52. The van der Waals surface area contributed by atoms with Crippen molar-refractivity contribution in [2.75, 3.05) is 7.11 Å². The first-order valence-corrected chi connectivity index (χ1v) is 12.6. The number of nitrogens with zero attached hydrogens (tertiary/aromatic N) is 7. The van der Waals surface area contributed by atoms with Gasteiger partial charge in [0, 0.05) is 17.3 Å². The van der Waals surface area contributed by atoms with Crippen molar-refractivity contribution in [2.24, 2.45) is 0 Å². The van der Waals surface area contributed by atoms with Gasteiger partial charge in [0.25, 0.3) is 16.0 Å². The Morgan fingerprint density at radius 2 is 2.00 bits per heavy atom. The largest absolute Gasteiger partial charge is 0.468 e. The molecule has 0 unspecified atom stereocenters. The lowest BCUT2D eigenvalue weighted by atomic mass is 10.0. The molecule has 0 saturated heterocycles. The SMILES string of the molecule is COc1nc2cnc3c(ccn3S(=O)(=O)c3ccc(C)cc3)c2n1[C@@H]1CCc2cc(C#N)nn2C1. The summed E-state index contributed by atoms with van der Waals surface area (Å²) in [6.07, 6.45) is 4.65. The highest BCUT2D eigenvalue weighted by molar-refractivity contribution is 7.90. The maximum absolute atomic E-state index is 13.4. The van der Waals surface area contributed by atoms with Gasteiger partial charge >= 0.3 is 0 Å². The molecular weight excluding hydrogens is 466 g/mol. The van der Waals surface area contributed by atoms with E-state index in [-0.39, 0.29) is 10.9 Å². The van der Waals surface area contributed by atoms with Gasteiger partial charge in [0.1, 0.15) is 11.6 Å². The molecule has 1 aliphatic rings. The van der Waals surface area contributed by atoms with Gasteiger partial charge < -0.3 is 4.74 Å². The van der Waals surface area contributed by atoms with E-state index in [0.717, 1.165) is 29.6 Å². The maximum Gasteiger partial charge on any atom is 0.297 e. The molecule has 0 radical (unpaired) electrons. The van der Waals surface area contributed by atoms with Crippen molar-refractivity contribution in [3.63, 3.8) is 0 Å². The normalized spacial score (nSPS) is 15.9. The number of hydrogen-bond donors (Lipinski definition) is 0. The van der Waals surface area contributed by atoms with Crippen LogP contribution in [0, 0.1) is 18.3 Å². The quantitative estimate of drug-likeness (QED) is 0.382. The lowest BCUT2D eigenvalue weighted by molar-refractivity contribution is 0.294. The van der Waals surface area contributed by atoms with Crippen molar-refractivity contribution in [3.05, 3.63) is 65.7 Å². The Bertz CT molecular complexity index is 1750. The minimum atomic E-state index is -3.84. The zero-order valence-corrected chi connectivity index (χ0v) is 19.9. The van der Waals surface area contributed by atoms with Crippen LogP contribution in [-0.4, -0.2) is 43.8 Å². The highest BCUT2D eigenvalue weighted by Crippen LogP contribution is 2.36. The average Bonchev–Trinajstić information content (AvgIpc) is 3.57. The van der Waals surface area contributed by atoms with Crippen molar-refractivity contribution < 1.29 is 13.2 Å². The van der Waals surface area contributed by atoms with Crippen molar-refractivity contribution in [1.29, 1.82) is 5.26 Å². The van der Waals surface area contributed by atoms with Crippen molar-refractivity contribution >= 4 is 32.1 Å². The summed E-state index contributed by atoms with van der Waals surface area (Å²) in [4.78, 5) is 9.27. The molecule has 0 aliphatic carbocycles. The third kappa shape index (κ3) is 3.21. The molecule has 11 heteroatoms. The molecule has 176 valence electrons. The minimum Gasteiger partial charge on any atom is -0.468 e. The molecule has 35 heavy (non-hydrogen) atoms. The van der Waals surface area contributed by atoms with Crippen molar-refractivity contribution in [3.8, 4) is 12.1 Å². The number of hydrogen-bond acceptors (Lipinski definition) is 7. The van der Waals surface area contributed by atoms with E-state index in [1.165, 1.54) is 10.2 Å². The topological polar surface area (TPSA) is 121 Å². The fraction of sp³-hybridized carbons (Fsp3) is 0.250. The molecule has 0 spiro atoms. The molecule has 5 heterocycles. The smallest absolute Gasteiger partial charge is 0.297 e. The van der Waals surface area contributed by atoms with Crippen LogP contribution in [0.4, 0.5) is 0 Å². The zero-order valence-electron chi connectivity index (χ0n) is 19.1. The van der Waals surface area contributed by atoms with Gasteiger partial charge in [-0.3, -0.25) is 9.25 Å². The Morgan fingerprint density at radius 3 is 2.74 bits per heavy atom. The van der Waals surface area contributed by atoms with Crippen LogP contribution < -0.4 is 4.74 Å². The van der Waals surface area contributed by atoms with Crippen LogP contribution >= 0.6 is 0 Å². The molecule has 1 aromatic carbocycles. The molecule has 0 N–H and O–H groups in total. The number of benzene rings is 1. The van der Waals surface area contributed by atoms with Crippen molar-refractivity contribution in [2.45, 2.75) is 37.2 Å². The molecule has 1 aliphatic heterocycles. The number of rotatable bonds is 4. The van der Waals surface area contributed by atoms with Crippen LogP contribution in [0.3, 0.4) is 0 Å². The molecule has 0 fully saturated rings. The third-order valence-corrected chi connectivity index (χ3v) is 8.20. The van der Waals surface area contributed by atoms with Gasteiger partial charge in [-0.15, -0.1) is 0 Å². The summed E-state index contributed by atoms with van der Waals surface area (Å²) in [5.41, 5.74) is 4.09. The molecule has 6 rings (SSSR count). The van der Waals surface area contributed by atoms with Crippen LogP contribution in [0.15, 0.2) is 53.7 Å². The van der Waals surface area contributed by atoms with Gasteiger partial charge in [-0.1, -0.05) is 17.7 Å². The van der Waals surface area contributed by atoms with Gasteiger partial charge in [0.05, 0.1) is 36.3 Å². The second-order valence-corrected chi connectivity index (χ2v) is 10.4. The lowest BCUT2D eigenvalue weighted by Crippen LogP contribution is -2.24. The summed E-state index contributed by atoms with van der Waals surface area (Å²) in [5, 5.41) is 14.3. The Hall–Kier alpha value is -4.17. The molecular formula is C24H21N7O3S. The monoisotopic (exact) mass is 487 g/mol. The Labute approximate surface area is 201 Å².